The van der Waals surface area contributed by atoms with E-state index in [4.69, 9.17) is 5.26 Å². The highest BCUT2D eigenvalue weighted by Crippen LogP contribution is 2.18. The van der Waals surface area contributed by atoms with Gasteiger partial charge in [-0.05, 0) is 17.5 Å². The number of nitrogens with zero attached hydrogens (tertiary/aromatic N) is 3. The van der Waals surface area contributed by atoms with E-state index in [1.807, 2.05) is 60.7 Å². The number of carbonyl (C=O) groups excluding carboxylic acids is 1. The number of nitrogens with one attached hydrogen (secondary N) is 1. The van der Waals surface area contributed by atoms with Crippen molar-refractivity contribution in [1.82, 2.24) is 9.88 Å². The quantitative estimate of drug-likeness (QED) is 0.481. The molecule has 0 saturated heterocycles. The van der Waals surface area contributed by atoms with Gasteiger partial charge in [-0.3, -0.25) is 24.3 Å². The Balaban J connectivity index is 1.85. The van der Waals surface area contributed by atoms with Gasteiger partial charge in [0.2, 0.25) is 5.91 Å². The number of benzene rings is 2. The number of nitriles is 1. The molecule has 1 amide bonds. The first-order chi connectivity index (χ1) is 14.5. The summed E-state index contributed by atoms with van der Waals surface area (Å²) in [7, 11) is 0. The smallest absolute Gasteiger partial charge is 0.287 e. The molecule has 0 radical (unpaired) electrons. The van der Waals surface area contributed by atoms with Gasteiger partial charge in [-0.15, -0.1) is 0 Å². The van der Waals surface area contributed by atoms with Gasteiger partial charge in [0, 0.05) is 6.07 Å². The van der Waals surface area contributed by atoms with Crippen molar-refractivity contribution >= 4 is 11.6 Å². The molecule has 2 aromatic carbocycles. The van der Waals surface area contributed by atoms with Gasteiger partial charge >= 0.3 is 0 Å². The van der Waals surface area contributed by atoms with Crippen LogP contribution in [0.2, 0.25) is 0 Å². The summed E-state index contributed by atoms with van der Waals surface area (Å²) >= 11 is 0. The molecule has 30 heavy (non-hydrogen) atoms. The summed E-state index contributed by atoms with van der Waals surface area (Å²) in [5, 5.41) is 23.0. The topological polar surface area (TPSA) is 118 Å². The predicted molar refractivity (Wildman–Crippen MR) is 110 cm³/mol. The molecule has 8 heteroatoms. The van der Waals surface area contributed by atoms with E-state index in [-0.39, 0.29) is 11.6 Å². The fourth-order valence-electron chi connectivity index (χ4n) is 3.10. The van der Waals surface area contributed by atoms with Gasteiger partial charge < -0.3 is 5.32 Å². The fraction of sp³-hybridized carbons (Fsp3) is 0.136. The molecule has 0 unspecified atom stereocenters. The molecule has 3 rings (SSSR count). The van der Waals surface area contributed by atoms with Gasteiger partial charge in [0.25, 0.3) is 11.2 Å². The summed E-state index contributed by atoms with van der Waals surface area (Å²) in [6.45, 7) is -0.437. The minimum atomic E-state index is -0.752. The number of amides is 1. The SMILES string of the molecule is N#Cc1cc([N+](=O)[O-])cn(CC(=O)N[C@@H](Cc2ccccc2)c2ccccc2)c1=O. The van der Waals surface area contributed by atoms with E-state index < -0.39 is 28.6 Å². The zero-order valence-corrected chi connectivity index (χ0v) is 15.9. The monoisotopic (exact) mass is 402 g/mol. The average Bonchev–Trinajstić information content (AvgIpc) is 2.76. The maximum Gasteiger partial charge on any atom is 0.287 e. The number of pyridine rings is 1. The highest BCUT2D eigenvalue weighted by atomic mass is 16.6. The van der Waals surface area contributed by atoms with Crippen LogP contribution in [-0.4, -0.2) is 15.4 Å². The summed E-state index contributed by atoms with van der Waals surface area (Å²) in [5.74, 6) is -0.494. The number of aromatic nitrogens is 1. The molecule has 0 spiro atoms. The molecule has 8 nitrogen and oxygen atoms in total. The Kier molecular flexibility index (Phi) is 6.35. The Morgan fingerprint density at radius 1 is 1.13 bits per heavy atom. The molecule has 3 aromatic rings. The van der Waals surface area contributed by atoms with Gasteiger partial charge in [0.15, 0.2) is 0 Å². The van der Waals surface area contributed by atoms with Crippen LogP contribution in [0.25, 0.3) is 0 Å². The molecule has 0 aliphatic heterocycles. The highest BCUT2D eigenvalue weighted by molar-refractivity contribution is 5.76. The standard InChI is InChI=1S/C22H18N4O4/c23-13-18-12-19(26(29)30)14-25(22(18)28)15-21(27)24-20(17-9-5-2-6-10-17)11-16-7-3-1-4-8-16/h1-10,12,14,20H,11,15H2,(H,24,27)/t20-/m0/s1. The molecular weight excluding hydrogens is 384 g/mol. The van der Waals surface area contributed by atoms with Crippen molar-refractivity contribution in [1.29, 1.82) is 5.26 Å². The highest BCUT2D eigenvalue weighted by Gasteiger charge is 2.19. The minimum Gasteiger partial charge on any atom is -0.347 e. The van der Waals surface area contributed by atoms with Gasteiger partial charge in [-0.2, -0.15) is 5.26 Å². The van der Waals surface area contributed by atoms with Crippen LogP contribution < -0.4 is 10.9 Å². The first-order valence-electron chi connectivity index (χ1n) is 9.15. The van der Waals surface area contributed by atoms with Gasteiger partial charge in [0.05, 0.1) is 17.2 Å². The van der Waals surface area contributed by atoms with E-state index in [1.165, 1.54) is 0 Å². The van der Waals surface area contributed by atoms with E-state index in [0.717, 1.165) is 28.0 Å². The zero-order valence-electron chi connectivity index (χ0n) is 15.9. The molecule has 0 bridgehead atoms. The van der Waals surface area contributed by atoms with E-state index >= 15 is 0 Å². The second-order valence-corrected chi connectivity index (χ2v) is 6.63. The number of hydrogen-bond acceptors (Lipinski definition) is 5. The minimum absolute atomic E-state index is 0.356. The molecule has 1 N–H and O–H groups in total. The third kappa shape index (κ3) is 4.97. The van der Waals surface area contributed by atoms with E-state index in [9.17, 15) is 19.7 Å². The van der Waals surface area contributed by atoms with Crippen molar-refractivity contribution in [3.63, 3.8) is 0 Å². The van der Waals surface area contributed by atoms with E-state index in [0.29, 0.717) is 6.42 Å². The Hall–Kier alpha value is -4.25. The van der Waals surface area contributed by atoms with Crippen molar-refractivity contribution in [2.24, 2.45) is 0 Å². The largest absolute Gasteiger partial charge is 0.347 e. The summed E-state index contributed by atoms with van der Waals surface area (Å²) < 4.78 is 0.886. The summed E-state index contributed by atoms with van der Waals surface area (Å²) in [4.78, 5) is 35.3. The lowest BCUT2D eigenvalue weighted by molar-refractivity contribution is -0.385. The molecule has 1 heterocycles. The van der Waals surface area contributed by atoms with Crippen LogP contribution >= 0.6 is 0 Å². The number of hydrogen-bond donors (Lipinski definition) is 1. The Morgan fingerprint density at radius 3 is 2.37 bits per heavy atom. The molecule has 1 atom stereocenters. The number of carbonyl (C=O) groups is 1. The molecule has 1 aromatic heterocycles. The zero-order chi connectivity index (χ0) is 21.5. The molecule has 150 valence electrons. The molecular formula is C22H18N4O4. The molecule has 0 aliphatic carbocycles. The Bertz CT molecular complexity index is 1150. The van der Waals surface area contributed by atoms with Crippen molar-refractivity contribution in [3.8, 4) is 6.07 Å². The molecule has 0 fully saturated rings. The molecule has 0 aliphatic rings. The predicted octanol–water partition coefficient (Wildman–Crippen LogP) is 2.73. The number of nitro groups is 1. The lowest BCUT2D eigenvalue weighted by Gasteiger charge is -2.20. The first-order valence-corrected chi connectivity index (χ1v) is 9.15. The molecule has 0 saturated carbocycles. The van der Waals surface area contributed by atoms with Gasteiger partial charge in [-0.1, -0.05) is 60.7 Å². The second kappa shape index (κ2) is 9.30. The van der Waals surface area contributed by atoms with Crippen LogP contribution in [0.3, 0.4) is 0 Å². The first kappa shape index (κ1) is 20.5. The van der Waals surface area contributed by atoms with Gasteiger partial charge in [0.1, 0.15) is 18.2 Å². The van der Waals surface area contributed by atoms with Crippen LogP contribution in [0.4, 0.5) is 5.69 Å². The summed E-state index contributed by atoms with van der Waals surface area (Å²) in [6, 6.07) is 21.2. The normalized spacial score (nSPS) is 11.3. The Morgan fingerprint density at radius 2 is 1.77 bits per heavy atom. The second-order valence-electron chi connectivity index (χ2n) is 6.63. The van der Waals surface area contributed by atoms with Crippen molar-refractivity contribution < 1.29 is 9.72 Å². The van der Waals surface area contributed by atoms with Crippen LogP contribution in [0.1, 0.15) is 22.7 Å². The maximum absolute atomic E-state index is 12.7. The van der Waals surface area contributed by atoms with Gasteiger partial charge in [-0.25, -0.2) is 0 Å². The van der Waals surface area contributed by atoms with Crippen molar-refractivity contribution in [3.05, 3.63) is 110 Å². The van der Waals surface area contributed by atoms with Crippen molar-refractivity contribution in [2.75, 3.05) is 0 Å². The third-order valence-corrected chi connectivity index (χ3v) is 4.54. The Labute approximate surface area is 172 Å². The van der Waals surface area contributed by atoms with Crippen LogP contribution in [0, 0.1) is 21.4 Å². The van der Waals surface area contributed by atoms with E-state index in [1.54, 1.807) is 6.07 Å². The fourth-order valence-corrected chi connectivity index (χ4v) is 3.10. The summed E-state index contributed by atoms with van der Waals surface area (Å²) in [6.07, 6.45) is 1.50. The lowest BCUT2D eigenvalue weighted by atomic mass is 9.99. The van der Waals surface area contributed by atoms with Crippen LogP contribution in [0.15, 0.2) is 77.7 Å². The van der Waals surface area contributed by atoms with Crippen LogP contribution in [-0.2, 0) is 17.8 Å². The third-order valence-electron chi connectivity index (χ3n) is 4.54. The lowest BCUT2D eigenvalue weighted by Crippen LogP contribution is -2.36. The summed E-state index contributed by atoms with van der Waals surface area (Å²) in [5.41, 5.74) is 0.339. The number of rotatable bonds is 7. The van der Waals surface area contributed by atoms with Crippen molar-refractivity contribution in [2.45, 2.75) is 19.0 Å². The average molecular weight is 402 g/mol. The maximum atomic E-state index is 12.7. The van der Waals surface area contributed by atoms with E-state index in [2.05, 4.69) is 5.32 Å². The van der Waals surface area contributed by atoms with Crippen LogP contribution in [0.5, 0.6) is 0 Å².